The van der Waals surface area contributed by atoms with Crippen LogP contribution in [0.1, 0.15) is 51.4 Å². The number of ether oxygens (including phenoxy) is 3. The Morgan fingerprint density at radius 1 is 0.897 bits per heavy atom. The molecule has 9 rings (SSSR count). The van der Waals surface area contributed by atoms with Crippen LogP contribution in [0.4, 0.5) is 20.3 Å². The van der Waals surface area contributed by atoms with Crippen LogP contribution in [0.15, 0.2) is 60.3 Å². The lowest BCUT2D eigenvalue weighted by molar-refractivity contribution is -0.151. The lowest BCUT2D eigenvalue weighted by Crippen LogP contribution is -2.54. The molecule has 5 amide bonds. The van der Waals surface area contributed by atoms with Crippen LogP contribution in [0.25, 0.3) is 10.9 Å². The molecule has 5 fully saturated rings. The van der Waals surface area contributed by atoms with Gasteiger partial charge >= 0.3 is 0 Å². The van der Waals surface area contributed by atoms with Crippen molar-refractivity contribution in [2.75, 3.05) is 84.1 Å². The molecule has 5 saturated heterocycles. The molecule has 0 spiro atoms. The van der Waals surface area contributed by atoms with Gasteiger partial charge in [-0.3, -0.25) is 39.1 Å². The Labute approximate surface area is 397 Å². The zero-order valence-electron chi connectivity index (χ0n) is 37.7. The van der Waals surface area contributed by atoms with Crippen molar-refractivity contribution in [3.8, 4) is 11.5 Å². The van der Waals surface area contributed by atoms with E-state index in [0.717, 1.165) is 82.5 Å². The van der Waals surface area contributed by atoms with Crippen LogP contribution in [-0.4, -0.2) is 150 Å². The van der Waals surface area contributed by atoms with E-state index in [1.165, 1.54) is 24.5 Å². The van der Waals surface area contributed by atoms with Crippen molar-refractivity contribution in [3.05, 3.63) is 71.2 Å². The largest absolute Gasteiger partial charge is 0.490 e. The number of hydrogen-bond acceptors (Lipinski definition) is 14. The van der Waals surface area contributed by atoms with E-state index >= 15 is 4.39 Å². The molecule has 0 bridgehead atoms. The fraction of sp³-hybridized carbons (Fsp3) is 0.521. The first-order chi connectivity index (χ1) is 33.0. The number of piperidine rings is 2. The monoisotopic (exact) mass is 959 g/mol. The van der Waals surface area contributed by atoms with Crippen molar-refractivity contribution in [2.24, 2.45) is 17.8 Å². The third-order valence-electron chi connectivity index (χ3n) is 13.7. The number of carbonyl (C=O) groups excluding carboxylic acids is 5. The van der Waals surface area contributed by atoms with Gasteiger partial charge in [0.05, 0.1) is 54.5 Å². The number of fused-ring (bicyclic) bond motifs is 2. The molecule has 3 N–H and O–H groups in total. The number of nitrogens with zero attached hydrogens (tertiary/aromatic N) is 6. The highest BCUT2D eigenvalue weighted by molar-refractivity contribution is 6.31. The molecular formula is C48H56ClF2N9O8. The minimum atomic E-state index is -1.10. The van der Waals surface area contributed by atoms with E-state index in [9.17, 15) is 28.4 Å². The first-order valence-electron chi connectivity index (χ1n) is 23.6. The lowest BCUT2D eigenvalue weighted by Gasteiger charge is -2.39. The number of carbonyl (C=O) groups is 5. The van der Waals surface area contributed by atoms with Crippen molar-refractivity contribution < 1.29 is 47.0 Å². The van der Waals surface area contributed by atoms with Crippen molar-refractivity contribution >= 4 is 63.5 Å². The van der Waals surface area contributed by atoms with E-state index in [2.05, 4.69) is 30.8 Å². The number of morpholine rings is 1. The summed E-state index contributed by atoms with van der Waals surface area (Å²) in [6.07, 6.45) is 8.69. The number of nitrogens with one attached hydrogen (secondary N) is 3. The number of hydrogen-bond donors (Lipinski definition) is 3. The van der Waals surface area contributed by atoms with Gasteiger partial charge in [-0.15, -0.1) is 0 Å². The highest BCUT2D eigenvalue weighted by atomic mass is 35.5. The standard InChI is InChI=1S/C48H56ClF2N9O8/c49-35-23-31(4-5-36(35)50)55-45-34-26-41(68-18-2-10-57-15-19-66-20-16-57)42(27-38(34)53-28-54-45)67-17-1-3-30-21-29(8-9-52-30)22-44(62)59-13-11-58(12-14-59)40-25-33-32(24-37(40)51)47(64)60(48(33)65)39-6-7-43(61)56-46(39)63/h4-5,23-30,32-33,39,52H,1-3,6-22H2,(H,53,54,55)(H,56,61,63). The zero-order chi connectivity index (χ0) is 47.3. The van der Waals surface area contributed by atoms with Crippen molar-refractivity contribution in [3.63, 3.8) is 0 Å². The Kier molecular flexibility index (Phi) is 14.8. The number of imide groups is 2. The molecule has 0 radical (unpaired) electrons. The van der Waals surface area contributed by atoms with Crippen LogP contribution in [0, 0.1) is 23.6 Å². The number of allylic oxidation sites excluding steroid dienone is 1. The van der Waals surface area contributed by atoms with Gasteiger partial charge in [-0.2, -0.15) is 0 Å². The molecule has 1 aliphatic carbocycles. The summed E-state index contributed by atoms with van der Waals surface area (Å²) in [6, 6.07) is 7.21. The summed E-state index contributed by atoms with van der Waals surface area (Å²) in [4.78, 5) is 80.3. The van der Waals surface area contributed by atoms with E-state index in [-0.39, 0.29) is 41.4 Å². The fourth-order valence-electron chi connectivity index (χ4n) is 10.1. The molecule has 3 aromatic rings. The summed E-state index contributed by atoms with van der Waals surface area (Å²) in [6.45, 7) is 7.33. The summed E-state index contributed by atoms with van der Waals surface area (Å²) in [5.41, 5.74) is 1.42. The fourth-order valence-corrected chi connectivity index (χ4v) is 10.2. The van der Waals surface area contributed by atoms with Gasteiger partial charge in [0.25, 0.3) is 0 Å². The average molecular weight is 960 g/mol. The van der Waals surface area contributed by atoms with Gasteiger partial charge in [0, 0.05) is 81.8 Å². The molecule has 20 heteroatoms. The summed E-state index contributed by atoms with van der Waals surface area (Å²) in [5, 5.41) is 9.72. The molecule has 17 nitrogen and oxygen atoms in total. The van der Waals surface area contributed by atoms with Crippen LogP contribution in [-0.2, 0) is 28.7 Å². The summed E-state index contributed by atoms with van der Waals surface area (Å²) in [5.74, 6) is -3.62. The highest BCUT2D eigenvalue weighted by Gasteiger charge is 2.52. The summed E-state index contributed by atoms with van der Waals surface area (Å²) < 4.78 is 47.7. The number of anilines is 2. The second-order valence-corrected chi connectivity index (χ2v) is 18.6. The number of piperazine rings is 1. The van der Waals surface area contributed by atoms with E-state index in [1.54, 1.807) is 11.0 Å². The van der Waals surface area contributed by atoms with E-state index in [4.69, 9.17) is 25.8 Å². The number of amides is 5. The van der Waals surface area contributed by atoms with Crippen LogP contribution < -0.4 is 25.4 Å². The second kappa shape index (κ2) is 21.3. The van der Waals surface area contributed by atoms with Gasteiger partial charge in [-0.05, 0) is 87.4 Å². The molecule has 6 aliphatic rings. The number of benzene rings is 2. The first-order valence-corrected chi connectivity index (χ1v) is 24.0. The topological polar surface area (TPSA) is 188 Å². The van der Waals surface area contributed by atoms with Crippen molar-refractivity contribution in [1.29, 1.82) is 0 Å². The Balaban J connectivity index is 0.758. The lowest BCUT2D eigenvalue weighted by atomic mass is 9.87. The average Bonchev–Trinajstić information content (AvgIpc) is 3.57. The number of rotatable bonds is 16. The van der Waals surface area contributed by atoms with Crippen LogP contribution in [0.2, 0.25) is 5.02 Å². The Bertz CT molecular complexity index is 2480. The summed E-state index contributed by atoms with van der Waals surface area (Å²) >= 11 is 6.05. The van der Waals surface area contributed by atoms with E-state index in [1.807, 2.05) is 17.0 Å². The van der Waals surface area contributed by atoms with Crippen LogP contribution in [0.5, 0.6) is 11.5 Å². The predicted octanol–water partition coefficient (Wildman–Crippen LogP) is 4.49. The van der Waals surface area contributed by atoms with Gasteiger partial charge in [0.1, 0.15) is 29.8 Å². The molecule has 68 heavy (non-hydrogen) atoms. The van der Waals surface area contributed by atoms with Gasteiger partial charge in [0.2, 0.25) is 29.5 Å². The molecule has 5 atom stereocenters. The molecule has 5 unspecified atom stereocenters. The predicted molar refractivity (Wildman–Crippen MR) is 246 cm³/mol. The minimum absolute atomic E-state index is 0.00506. The minimum Gasteiger partial charge on any atom is -0.490 e. The second-order valence-electron chi connectivity index (χ2n) is 18.2. The molecule has 2 aromatic carbocycles. The zero-order valence-corrected chi connectivity index (χ0v) is 38.5. The Hall–Kier alpha value is -5.76. The summed E-state index contributed by atoms with van der Waals surface area (Å²) in [7, 11) is 0. The third-order valence-corrected chi connectivity index (χ3v) is 14.0. The van der Waals surface area contributed by atoms with Gasteiger partial charge in [0.15, 0.2) is 11.5 Å². The first kappa shape index (κ1) is 47.3. The van der Waals surface area contributed by atoms with E-state index < -0.39 is 53.2 Å². The van der Waals surface area contributed by atoms with Crippen molar-refractivity contribution in [2.45, 2.75) is 63.5 Å². The smallest absolute Gasteiger partial charge is 0.249 e. The van der Waals surface area contributed by atoms with Crippen LogP contribution >= 0.6 is 11.6 Å². The molecule has 1 aromatic heterocycles. The normalized spacial score (nSPS) is 24.7. The number of likely N-dealkylation sites (tertiary alicyclic amines) is 1. The molecule has 362 valence electrons. The van der Waals surface area contributed by atoms with Gasteiger partial charge in [-0.25, -0.2) is 18.7 Å². The maximum Gasteiger partial charge on any atom is 0.249 e. The maximum absolute atomic E-state index is 15.6. The molecule has 0 saturated carbocycles. The number of aromatic nitrogens is 2. The number of halogens is 3. The maximum atomic E-state index is 15.6. The molecular weight excluding hydrogens is 904 g/mol. The quantitative estimate of drug-likeness (QED) is 0.135. The third kappa shape index (κ3) is 10.7. The SMILES string of the molecule is O=C1CCC(N2C(=O)C3C=C(F)C(N4CCN(C(=O)CC5CCNC(CCCOc6cc7ncnc(Nc8ccc(F)c(Cl)c8)c7cc6OCCCN6CCOCC6)C5)CC4)=CC3C2=O)C(=O)N1. The van der Waals surface area contributed by atoms with E-state index in [0.29, 0.717) is 79.7 Å². The van der Waals surface area contributed by atoms with Crippen molar-refractivity contribution in [1.82, 2.24) is 40.2 Å². The molecule has 6 heterocycles. The van der Waals surface area contributed by atoms with Crippen LogP contribution in [0.3, 0.4) is 0 Å². The Morgan fingerprint density at radius 2 is 1.65 bits per heavy atom. The Morgan fingerprint density at radius 3 is 2.41 bits per heavy atom. The van der Waals surface area contributed by atoms with Gasteiger partial charge in [-0.1, -0.05) is 11.6 Å². The van der Waals surface area contributed by atoms with Gasteiger partial charge < -0.3 is 34.6 Å². The highest BCUT2D eigenvalue weighted by Crippen LogP contribution is 2.40. The molecule has 5 aliphatic heterocycles.